The summed E-state index contributed by atoms with van der Waals surface area (Å²) >= 11 is 0. The Morgan fingerprint density at radius 3 is 2.28 bits per heavy atom. The average molecular weight is 386 g/mol. The summed E-state index contributed by atoms with van der Waals surface area (Å²) in [7, 11) is 0. The average Bonchev–Trinajstić information content (AvgIpc) is 3.01. The van der Waals surface area contributed by atoms with Crippen LogP contribution in [0.2, 0.25) is 0 Å². The molecule has 0 radical (unpaired) electrons. The molecule has 3 aromatic carbocycles. The zero-order valence-corrected chi connectivity index (χ0v) is 15.7. The van der Waals surface area contributed by atoms with Crippen molar-refractivity contribution in [3.63, 3.8) is 0 Å². The third-order valence-corrected chi connectivity index (χ3v) is 4.87. The Labute approximate surface area is 167 Å². The van der Waals surface area contributed by atoms with E-state index >= 15 is 0 Å². The second-order valence-electron chi connectivity index (χ2n) is 6.76. The van der Waals surface area contributed by atoms with Crippen LogP contribution in [-0.2, 0) is 4.79 Å². The molecule has 0 aliphatic heterocycles. The summed E-state index contributed by atoms with van der Waals surface area (Å²) in [5, 5.41) is 5.88. The fraction of sp³-hybridized carbons (Fsp3) is 0.130. The molecule has 29 heavy (non-hydrogen) atoms. The first-order valence-corrected chi connectivity index (χ1v) is 9.17. The Balaban J connectivity index is 1.41. The first-order valence-electron chi connectivity index (χ1n) is 9.17. The van der Waals surface area contributed by atoms with Gasteiger partial charge in [-0.05, 0) is 18.4 Å². The van der Waals surface area contributed by atoms with Crippen molar-refractivity contribution in [3.05, 3.63) is 77.9 Å². The van der Waals surface area contributed by atoms with E-state index in [0.717, 1.165) is 10.8 Å². The summed E-state index contributed by atoms with van der Waals surface area (Å²) in [5.74, 6) is -1.48. The fourth-order valence-electron chi connectivity index (χ4n) is 3.43. The number of ketones is 2. The summed E-state index contributed by atoms with van der Waals surface area (Å²) in [4.78, 5) is 37.1. The van der Waals surface area contributed by atoms with E-state index in [4.69, 9.17) is 4.74 Å². The molecule has 1 aliphatic rings. The van der Waals surface area contributed by atoms with E-state index in [1.54, 1.807) is 37.3 Å². The molecule has 0 saturated carbocycles. The molecule has 0 fully saturated rings. The largest absolute Gasteiger partial charge is 0.483 e. The minimum atomic E-state index is -0.994. The van der Waals surface area contributed by atoms with Crippen LogP contribution >= 0.6 is 0 Å². The molecular formula is C23H18N2O4. The van der Waals surface area contributed by atoms with Gasteiger partial charge in [0.2, 0.25) is 0 Å². The molecule has 6 nitrogen and oxygen atoms in total. The van der Waals surface area contributed by atoms with Gasteiger partial charge in [0.1, 0.15) is 11.7 Å². The maximum absolute atomic E-state index is 12.5. The van der Waals surface area contributed by atoms with E-state index in [9.17, 15) is 14.4 Å². The highest BCUT2D eigenvalue weighted by atomic mass is 16.5. The van der Waals surface area contributed by atoms with Crippen LogP contribution in [0.5, 0.6) is 5.75 Å². The highest BCUT2D eigenvalue weighted by molar-refractivity contribution is 6.36. The second-order valence-corrected chi connectivity index (χ2v) is 6.76. The maximum Gasteiger partial charge on any atom is 0.277 e. The number of carbonyl (C=O) groups is 3. The zero-order chi connectivity index (χ0) is 20.4. The molecule has 1 aliphatic carbocycles. The summed E-state index contributed by atoms with van der Waals surface area (Å²) in [5.41, 5.74) is 3.39. The summed E-state index contributed by atoms with van der Waals surface area (Å²) in [6, 6.07) is 20.0. The monoisotopic (exact) mass is 386 g/mol. The van der Waals surface area contributed by atoms with E-state index in [2.05, 4.69) is 10.5 Å². The van der Waals surface area contributed by atoms with E-state index in [0.29, 0.717) is 16.9 Å². The third kappa shape index (κ3) is 3.52. The number of hydrogen-bond acceptors (Lipinski definition) is 5. The van der Waals surface area contributed by atoms with Crippen LogP contribution in [0.15, 0.2) is 71.8 Å². The second kappa shape index (κ2) is 7.67. The number of benzene rings is 3. The number of nitrogens with one attached hydrogen (secondary N) is 1. The molecule has 0 unspecified atom stereocenters. The topological polar surface area (TPSA) is 84.8 Å². The number of amides is 1. The summed E-state index contributed by atoms with van der Waals surface area (Å²) in [6.07, 6.45) is 0. The van der Waals surface area contributed by atoms with Crippen LogP contribution in [-0.4, -0.2) is 29.8 Å². The van der Waals surface area contributed by atoms with Crippen LogP contribution in [0.25, 0.3) is 10.8 Å². The van der Waals surface area contributed by atoms with Gasteiger partial charge >= 0.3 is 0 Å². The van der Waals surface area contributed by atoms with E-state index < -0.39 is 11.8 Å². The number of hydrogen-bond donors (Lipinski definition) is 1. The van der Waals surface area contributed by atoms with Gasteiger partial charge in [0.15, 0.2) is 18.2 Å². The summed E-state index contributed by atoms with van der Waals surface area (Å²) < 4.78 is 5.62. The predicted octanol–water partition coefficient (Wildman–Crippen LogP) is 3.41. The van der Waals surface area contributed by atoms with Crippen LogP contribution in [0.3, 0.4) is 0 Å². The van der Waals surface area contributed by atoms with Crippen LogP contribution < -0.4 is 10.2 Å². The number of Topliss-reactive ketones (excluding diaryl/α,β-unsaturated/α-hetero) is 2. The Morgan fingerprint density at radius 1 is 0.931 bits per heavy atom. The lowest BCUT2D eigenvalue weighted by atomic mass is 9.99. The first-order chi connectivity index (χ1) is 14.1. The van der Waals surface area contributed by atoms with Crippen molar-refractivity contribution in [3.8, 4) is 5.75 Å². The molecular weight excluding hydrogens is 368 g/mol. The van der Waals surface area contributed by atoms with Gasteiger partial charge in [0.25, 0.3) is 5.91 Å². The number of nitrogens with zero attached hydrogens (tertiary/aromatic N) is 1. The van der Waals surface area contributed by atoms with Gasteiger partial charge in [-0.25, -0.2) is 5.43 Å². The minimum Gasteiger partial charge on any atom is -0.483 e. The van der Waals surface area contributed by atoms with E-state index in [1.807, 2.05) is 36.4 Å². The van der Waals surface area contributed by atoms with Crippen molar-refractivity contribution >= 4 is 34.0 Å². The molecule has 0 bridgehead atoms. The minimum absolute atomic E-state index is 0.239. The van der Waals surface area contributed by atoms with Gasteiger partial charge in [-0.2, -0.15) is 5.10 Å². The molecule has 0 heterocycles. The highest BCUT2D eigenvalue weighted by Gasteiger charge is 2.40. The van der Waals surface area contributed by atoms with Crippen molar-refractivity contribution in [2.24, 2.45) is 11.0 Å². The molecule has 0 spiro atoms. The molecule has 0 atom stereocenters. The smallest absolute Gasteiger partial charge is 0.277 e. The molecule has 1 N–H and O–H groups in total. The SMILES string of the molecule is C/C(=N\NC(=O)COc1cccc2ccccc12)C1C(=O)c2ccccc2C1=O. The number of hydrazone groups is 1. The van der Waals surface area contributed by atoms with Gasteiger partial charge in [0, 0.05) is 16.5 Å². The number of carbonyl (C=O) groups excluding carboxylic acids is 3. The maximum atomic E-state index is 12.5. The van der Waals surface area contributed by atoms with Crippen molar-refractivity contribution in [1.29, 1.82) is 0 Å². The van der Waals surface area contributed by atoms with E-state index in [1.165, 1.54) is 0 Å². The highest BCUT2D eigenvalue weighted by Crippen LogP contribution is 2.27. The van der Waals surface area contributed by atoms with Gasteiger partial charge in [-0.15, -0.1) is 0 Å². The Kier molecular flexibility index (Phi) is 4.91. The normalized spacial score (nSPS) is 14.2. The van der Waals surface area contributed by atoms with Crippen molar-refractivity contribution < 1.29 is 19.1 Å². The van der Waals surface area contributed by atoms with Gasteiger partial charge in [-0.3, -0.25) is 14.4 Å². The molecule has 4 rings (SSSR count). The zero-order valence-electron chi connectivity index (χ0n) is 15.7. The third-order valence-electron chi connectivity index (χ3n) is 4.87. The van der Waals surface area contributed by atoms with Crippen molar-refractivity contribution in [2.45, 2.75) is 6.92 Å². The fourth-order valence-corrected chi connectivity index (χ4v) is 3.43. The van der Waals surface area contributed by atoms with Gasteiger partial charge in [-0.1, -0.05) is 60.7 Å². The van der Waals surface area contributed by atoms with Crippen LogP contribution in [0.1, 0.15) is 27.6 Å². The molecule has 6 heteroatoms. The molecule has 1 amide bonds. The number of fused-ring (bicyclic) bond motifs is 2. The quantitative estimate of drug-likeness (QED) is 0.414. The van der Waals surface area contributed by atoms with Crippen molar-refractivity contribution in [2.75, 3.05) is 6.61 Å². The Morgan fingerprint density at radius 2 is 1.55 bits per heavy atom. The predicted molar refractivity (Wildman–Crippen MR) is 109 cm³/mol. The lowest BCUT2D eigenvalue weighted by Gasteiger charge is -2.09. The molecule has 3 aromatic rings. The Bertz CT molecular complexity index is 1130. The first kappa shape index (κ1) is 18.6. The number of rotatable bonds is 5. The Hall–Kier alpha value is -3.80. The van der Waals surface area contributed by atoms with Gasteiger partial charge in [0.05, 0.1) is 5.71 Å². The molecule has 0 saturated heterocycles. The summed E-state index contributed by atoms with van der Waals surface area (Å²) in [6.45, 7) is 1.32. The van der Waals surface area contributed by atoms with Crippen LogP contribution in [0.4, 0.5) is 0 Å². The number of ether oxygens (including phenoxy) is 1. The van der Waals surface area contributed by atoms with Crippen molar-refractivity contribution in [1.82, 2.24) is 5.43 Å². The standard InChI is InChI=1S/C23H18N2O4/c1-14(21-22(27)17-10-4-5-11-18(17)23(21)28)24-25-20(26)13-29-19-12-6-8-15-7-2-3-9-16(15)19/h2-12,21H,13H2,1H3,(H,25,26)/b24-14+. The lowest BCUT2D eigenvalue weighted by molar-refractivity contribution is -0.123. The van der Waals surface area contributed by atoms with Crippen LogP contribution in [0, 0.1) is 5.92 Å². The molecule has 0 aromatic heterocycles. The van der Waals surface area contributed by atoms with E-state index in [-0.39, 0.29) is 23.9 Å². The van der Waals surface area contributed by atoms with Gasteiger partial charge < -0.3 is 4.74 Å². The molecule has 144 valence electrons. The lowest BCUT2D eigenvalue weighted by Crippen LogP contribution is -2.29.